The van der Waals surface area contributed by atoms with Crippen LogP contribution in [-0.2, 0) is 10.0 Å². The Morgan fingerprint density at radius 2 is 2.28 bits per heavy atom. The van der Waals surface area contributed by atoms with Crippen molar-refractivity contribution in [3.63, 3.8) is 0 Å². The number of aromatic nitrogens is 2. The molecule has 100 valence electrons. The van der Waals surface area contributed by atoms with Crippen molar-refractivity contribution in [2.24, 2.45) is 0 Å². The van der Waals surface area contributed by atoms with E-state index in [4.69, 9.17) is 5.73 Å². The van der Waals surface area contributed by atoms with E-state index in [2.05, 4.69) is 9.97 Å². The molecule has 7 nitrogen and oxygen atoms in total. The van der Waals surface area contributed by atoms with Crippen molar-refractivity contribution in [3.8, 4) is 0 Å². The minimum atomic E-state index is -3.20. The van der Waals surface area contributed by atoms with Crippen molar-refractivity contribution in [2.45, 2.75) is 18.8 Å². The Kier molecular flexibility index (Phi) is 3.40. The fourth-order valence-corrected chi connectivity index (χ4v) is 3.10. The number of anilines is 1. The van der Waals surface area contributed by atoms with Gasteiger partial charge in [-0.25, -0.2) is 17.7 Å². The summed E-state index contributed by atoms with van der Waals surface area (Å²) < 4.78 is 24.4. The first-order valence-electron chi connectivity index (χ1n) is 5.68. The molecule has 1 aromatic rings. The second-order valence-electron chi connectivity index (χ2n) is 4.52. The highest BCUT2D eigenvalue weighted by atomic mass is 32.2. The van der Waals surface area contributed by atoms with Gasteiger partial charge in [-0.05, 0) is 12.8 Å². The molecule has 0 aliphatic carbocycles. The van der Waals surface area contributed by atoms with Crippen LogP contribution in [0.3, 0.4) is 0 Å². The van der Waals surface area contributed by atoms with Gasteiger partial charge in [-0.15, -0.1) is 0 Å². The molecule has 1 atom stereocenters. The molecule has 1 unspecified atom stereocenters. The zero-order chi connectivity index (χ0) is 13.3. The van der Waals surface area contributed by atoms with Gasteiger partial charge in [0.1, 0.15) is 0 Å². The fraction of sp³-hybridized carbons (Fsp3) is 0.600. The molecular weight excluding hydrogens is 256 g/mol. The van der Waals surface area contributed by atoms with Crippen molar-refractivity contribution >= 4 is 16.0 Å². The van der Waals surface area contributed by atoms with Crippen LogP contribution in [0.4, 0.5) is 5.95 Å². The van der Waals surface area contributed by atoms with E-state index in [0.717, 1.165) is 12.8 Å². The Balaban J connectivity index is 2.26. The Morgan fingerprint density at radius 1 is 1.56 bits per heavy atom. The number of hydrogen-bond donors (Lipinski definition) is 2. The van der Waals surface area contributed by atoms with Crippen LogP contribution in [0.2, 0.25) is 0 Å². The van der Waals surface area contributed by atoms with Gasteiger partial charge in [0.25, 0.3) is 5.56 Å². The van der Waals surface area contributed by atoms with Crippen LogP contribution in [0.5, 0.6) is 0 Å². The summed E-state index contributed by atoms with van der Waals surface area (Å²) >= 11 is 0. The highest BCUT2D eigenvalue weighted by Crippen LogP contribution is 2.26. The third-order valence-corrected chi connectivity index (χ3v) is 4.32. The summed E-state index contributed by atoms with van der Waals surface area (Å²) in [4.78, 5) is 17.8. The van der Waals surface area contributed by atoms with Gasteiger partial charge in [-0.2, -0.15) is 0 Å². The molecule has 2 heterocycles. The van der Waals surface area contributed by atoms with Crippen LogP contribution in [0.15, 0.2) is 10.9 Å². The molecule has 0 bridgehead atoms. The van der Waals surface area contributed by atoms with Crippen molar-refractivity contribution in [3.05, 3.63) is 22.1 Å². The third kappa shape index (κ3) is 2.88. The lowest BCUT2D eigenvalue weighted by Crippen LogP contribution is -2.38. The normalized spacial score (nSPS) is 21.9. The predicted octanol–water partition coefficient (Wildman–Crippen LogP) is -0.509. The molecular formula is C10H16N4O3S. The molecule has 0 saturated carbocycles. The average molecular weight is 272 g/mol. The van der Waals surface area contributed by atoms with E-state index >= 15 is 0 Å². The van der Waals surface area contributed by atoms with Crippen LogP contribution in [0.1, 0.15) is 24.5 Å². The quantitative estimate of drug-likeness (QED) is 0.753. The number of H-pyrrole nitrogens is 1. The zero-order valence-corrected chi connectivity index (χ0v) is 10.9. The second-order valence-corrected chi connectivity index (χ2v) is 6.50. The van der Waals surface area contributed by atoms with E-state index in [1.54, 1.807) is 0 Å². The lowest BCUT2D eigenvalue weighted by Gasteiger charge is -2.30. The molecule has 8 heteroatoms. The maximum Gasteiger partial charge on any atom is 0.252 e. The summed E-state index contributed by atoms with van der Waals surface area (Å²) in [6.07, 6.45) is 2.75. The van der Waals surface area contributed by atoms with Gasteiger partial charge in [0, 0.05) is 25.1 Å². The molecule has 0 radical (unpaired) electrons. The van der Waals surface area contributed by atoms with Gasteiger partial charge < -0.3 is 5.73 Å². The number of nitrogens with two attached hydrogens (primary N) is 1. The van der Waals surface area contributed by atoms with Crippen LogP contribution >= 0.6 is 0 Å². The molecule has 0 aromatic carbocycles. The van der Waals surface area contributed by atoms with E-state index in [-0.39, 0.29) is 17.4 Å². The molecule has 1 aliphatic heterocycles. The van der Waals surface area contributed by atoms with Crippen molar-refractivity contribution in [2.75, 3.05) is 25.1 Å². The lowest BCUT2D eigenvalue weighted by atomic mass is 9.96. The maximum atomic E-state index is 11.5. The van der Waals surface area contributed by atoms with Gasteiger partial charge in [0.15, 0.2) is 0 Å². The highest BCUT2D eigenvalue weighted by molar-refractivity contribution is 7.88. The number of piperidine rings is 1. The van der Waals surface area contributed by atoms with Crippen molar-refractivity contribution < 1.29 is 8.42 Å². The lowest BCUT2D eigenvalue weighted by molar-refractivity contribution is 0.314. The molecule has 1 aromatic heterocycles. The molecule has 0 spiro atoms. The van der Waals surface area contributed by atoms with Crippen LogP contribution in [0, 0.1) is 0 Å². The van der Waals surface area contributed by atoms with E-state index in [9.17, 15) is 13.2 Å². The molecule has 1 fully saturated rings. The fourth-order valence-electron chi connectivity index (χ4n) is 2.19. The average Bonchev–Trinajstić information content (AvgIpc) is 2.27. The largest absolute Gasteiger partial charge is 0.369 e. The number of hydrogen-bond acceptors (Lipinski definition) is 5. The summed E-state index contributed by atoms with van der Waals surface area (Å²) in [6.45, 7) is 0.878. The molecule has 0 amide bonds. The monoisotopic (exact) mass is 272 g/mol. The number of sulfonamides is 1. The van der Waals surface area contributed by atoms with Crippen LogP contribution in [-0.4, -0.2) is 42.0 Å². The minimum Gasteiger partial charge on any atom is -0.369 e. The third-order valence-electron chi connectivity index (χ3n) is 3.05. The molecule has 1 saturated heterocycles. The number of nitrogen functional groups attached to an aromatic ring is 1. The van der Waals surface area contributed by atoms with Gasteiger partial charge in [0.2, 0.25) is 16.0 Å². The first-order valence-corrected chi connectivity index (χ1v) is 7.53. The van der Waals surface area contributed by atoms with E-state index in [1.165, 1.54) is 16.6 Å². The summed E-state index contributed by atoms with van der Waals surface area (Å²) in [6, 6.07) is 1.38. The molecule has 3 N–H and O–H groups in total. The predicted molar refractivity (Wildman–Crippen MR) is 67.7 cm³/mol. The Morgan fingerprint density at radius 3 is 2.89 bits per heavy atom. The first kappa shape index (κ1) is 13.0. The summed E-state index contributed by atoms with van der Waals surface area (Å²) in [7, 11) is -3.20. The number of nitrogens with one attached hydrogen (secondary N) is 1. The van der Waals surface area contributed by atoms with Crippen LogP contribution < -0.4 is 11.3 Å². The highest BCUT2D eigenvalue weighted by Gasteiger charge is 2.27. The number of aromatic amines is 1. The molecule has 18 heavy (non-hydrogen) atoms. The standard InChI is InChI=1S/C10H16N4O3S/c1-18(16,17)14-4-2-3-7(6-14)8-5-9(15)13-10(11)12-8/h5,7H,2-4,6H2,1H3,(H3,11,12,13,15). The minimum absolute atomic E-state index is 0.0639. The second kappa shape index (κ2) is 4.69. The summed E-state index contributed by atoms with van der Waals surface area (Å²) in [5.41, 5.74) is 5.74. The van der Waals surface area contributed by atoms with Gasteiger partial charge in [0.05, 0.1) is 11.9 Å². The van der Waals surface area contributed by atoms with E-state index < -0.39 is 10.0 Å². The maximum absolute atomic E-state index is 11.5. The Hall–Kier alpha value is -1.41. The smallest absolute Gasteiger partial charge is 0.252 e. The number of nitrogens with zero attached hydrogens (tertiary/aromatic N) is 2. The Labute approximate surface area is 105 Å². The molecule has 2 rings (SSSR count). The Bertz CT molecular complexity index is 595. The number of rotatable bonds is 2. The van der Waals surface area contributed by atoms with E-state index in [0.29, 0.717) is 18.8 Å². The van der Waals surface area contributed by atoms with E-state index in [1.807, 2.05) is 0 Å². The zero-order valence-electron chi connectivity index (χ0n) is 10.1. The first-order chi connectivity index (χ1) is 8.36. The van der Waals surface area contributed by atoms with Gasteiger partial charge in [-0.1, -0.05) is 0 Å². The van der Waals surface area contributed by atoms with Crippen molar-refractivity contribution in [1.82, 2.24) is 14.3 Å². The SMILES string of the molecule is CS(=O)(=O)N1CCCC(c2cc(=O)[nH]c(N)n2)C1. The summed E-state index contributed by atoms with van der Waals surface area (Å²) in [5, 5.41) is 0. The van der Waals surface area contributed by atoms with Crippen LogP contribution in [0.25, 0.3) is 0 Å². The molecule has 1 aliphatic rings. The van der Waals surface area contributed by atoms with Crippen molar-refractivity contribution in [1.29, 1.82) is 0 Å². The summed E-state index contributed by atoms with van der Waals surface area (Å²) in [5.74, 6) is -0.00736. The topological polar surface area (TPSA) is 109 Å². The van der Waals surface area contributed by atoms with Gasteiger partial charge >= 0.3 is 0 Å². The van der Waals surface area contributed by atoms with Gasteiger partial charge in [-0.3, -0.25) is 9.78 Å².